The number of ether oxygens (including phenoxy) is 1. The highest BCUT2D eigenvalue weighted by molar-refractivity contribution is 6.04. The Bertz CT molecular complexity index is 1160. The highest BCUT2D eigenvalue weighted by atomic mass is 19.4. The van der Waals surface area contributed by atoms with Crippen LogP contribution in [0.1, 0.15) is 37.9 Å². The van der Waals surface area contributed by atoms with E-state index in [-0.39, 0.29) is 5.56 Å². The molecule has 0 saturated carbocycles. The maximum Gasteiger partial charge on any atom is 0.574 e. The average Bonchev–Trinajstić information content (AvgIpc) is 3.24. The van der Waals surface area contributed by atoms with Crippen LogP contribution in [0.4, 0.5) is 23.4 Å². The first-order valence-electron chi connectivity index (χ1n) is 9.07. The second kappa shape index (κ2) is 7.25. The fourth-order valence-electron chi connectivity index (χ4n) is 2.97. The van der Waals surface area contributed by atoms with E-state index in [0.29, 0.717) is 29.1 Å². The first-order valence-corrected chi connectivity index (χ1v) is 9.07. The number of pyridine rings is 1. The maximum absolute atomic E-state index is 13.6. The fraction of sp³-hybridized carbons (Fsp3) is 0.333. The van der Waals surface area contributed by atoms with Crippen molar-refractivity contribution < 1.29 is 27.1 Å². The highest BCUT2D eigenvalue weighted by Gasteiger charge is 2.34. The van der Waals surface area contributed by atoms with E-state index in [9.17, 15) is 17.6 Å². The molecule has 1 aliphatic heterocycles. The van der Waals surface area contributed by atoms with Gasteiger partial charge in [0.15, 0.2) is 11.5 Å². The second-order valence-electron chi connectivity index (χ2n) is 7.27. The van der Waals surface area contributed by atoms with E-state index in [1.807, 2.05) is 0 Å². The number of fused-ring (bicyclic) bond motifs is 1. The average molecular weight is 439 g/mol. The van der Waals surface area contributed by atoms with Crippen molar-refractivity contribution in [1.82, 2.24) is 24.9 Å². The van der Waals surface area contributed by atoms with E-state index in [1.54, 1.807) is 32.3 Å². The van der Waals surface area contributed by atoms with Gasteiger partial charge in [-0.05, 0) is 32.9 Å². The van der Waals surface area contributed by atoms with Gasteiger partial charge < -0.3 is 20.2 Å². The van der Waals surface area contributed by atoms with Crippen LogP contribution in [0.2, 0.25) is 0 Å². The number of aromatic nitrogens is 4. The number of oxime groups is 1. The molecule has 9 nitrogen and oxygen atoms in total. The third-order valence-electron chi connectivity index (χ3n) is 4.30. The summed E-state index contributed by atoms with van der Waals surface area (Å²) >= 11 is 0. The Kier molecular flexibility index (Phi) is 4.82. The zero-order valence-corrected chi connectivity index (χ0v) is 16.5. The molecule has 0 aliphatic carbocycles. The number of nitrogens with one attached hydrogen (secondary N) is 2. The summed E-state index contributed by atoms with van der Waals surface area (Å²) in [5.74, 6) is -0.799. The van der Waals surface area contributed by atoms with E-state index in [1.165, 1.54) is 11.4 Å². The number of hydrogen-bond donors (Lipinski definition) is 2. The molecule has 164 valence electrons. The molecule has 4 rings (SSSR count). The molecule has 13 heteroatoms. The molecule has 0 aromatic carbocycles. The van der Waals surface area contributed by atoms with Crippen molar-refractivity contribution in [1.29, 1.82) is 0 Å². The smallest absolute Gasteiger partial charge is 0.387 e. The Labute approximate surface area is 173 Å². The second-order valence-corrected chi connectivity index (χ2v) is 7.27. The number of anilines is 1. The molecule has 0 spiro atoms. The predicted molar refractivity (Wildman–Crippen MR) is 101 cm³/mol. The number of hydrogen-bond acceptors (Lipinski definition) is 8. The lowest BCUT2D eigenvalue weighted by Crippen LogP contribution is -2.38. The number of nitrogens with zero attached hydrogens (tertiary/aromatic N) is 5. The van der Waals surface area contributed by atoms with Crippen molar-refractivity contribution in [2.75, 3.05) is 5.32 Å². The Morgan fingerprint density at radius 3 is 2.74 bits per heavy atom. The minimum Gasteiger partial charge on any atom is -0.387 e. The van der Waals surface area contributed by atoms with Gasteiger partial charge >= 0.3 is 6.36 Å². The molecular weight excluding hydrogens is 422 g/mol. The molecule has 4 heterocycles. The van der Waals surface area contributed by atoms with E-state index >= 15 is 0 Å². The molecule has 0 radical (unpaired) electrons. The van der Waals surface area contributed by atoms with Crippen molar-refractivity contribution in [2.45, 2.75) is 38.9 Å². The minimum absolute atomic E-state index is 0.121. The van der Waals surface area contributed by atoms with Crippen LogP contribution in [0.5, 0.6) is 5.88 Å². The monoisotopic (exact) mass is 439 g/mol. The van der Waals surface area contributed by atoms with Crippen molar-refractivity contribution in [2.24, 2.45) is 5.16 Å². The molecule has 1 atom stereocenters. The SMILES string of the molecule is C[C@@H](Nc1ccn2ncc(C3=NOC(C)(C)N3)c2n1)c1cc(F)cnc1OC(F)(F)F. The summed E-state index contributed by atoms with van der Waals surface area (Å²) in [4.78, 5) is 13.2. The lowest BCUT2D eigenvalue weighted by molar-refractivity contribution is -0.276. The van der Waals surface area contributed by atoms with E-state index in [4.69, 9.17) is 4.84 Å². The highest BCUT2D eigenvalue weighted by Crippen LogP contribution is 2.30. The summed E-state index contributed by atoms with van der Waals surface area (Å²) in [6.45, 7) is 5.12. The lowest BCUT2D eigenvalue weighted by atomic mass is 10.1. The van der Waals surface area contributed by atoms with Crippen LogP contribution >= 0.6 is 0 Å². The van der Waals surface area contributed by atoms with Gasteiger partial charge in [-0.15, -0.1) is 13.2 Å². The lowest BCUT2D eigenvalue weighted by Gasteiger charge is -2.19. The van der Waals surface area contributed by atoms with Crippen molar-refractivity contribution in [3.63, 3.8) is 0 Å². The van der Waals surface area contributed by atoms with Crippen molar-refractivity contribution in [3.8, 4) is 5.88 Å². The zero-order chi connectivity index (χ0) is 22.4. The van der Waals surface area contributed by atoms with Gasteiger partial charge in [0.25, 0.3) is 0 Å². The Balaban J connectivity index is 1.62. The summed E-state index contributed by atoms with van der Waals surface area (Å²) < 4.78 is 57.1. The van der Waals surface area contributed by atoms with Gasteiger partial charge in [0, 0.05) is 11.8 Å². The standard InChI is InChI=1S/C18H17F4N7O2/c1-9(11-6-10(19)7-23-16(11)30-18(20,21)22)25-13-4-5-29-15(26-13)12(8-24-29)14-27-17(2,3)31-28-14/h4-9H,1-3H3,(H,25,26)(H,27,28)/t9-/m1/s1. The first kappa shape index (κ1) is 20.6. The van der Waals surface area contributed by atoms with Crippen LogP contribution in [-0.4, -0.2) is 37.5 Å². The van der Waals surface area contributed by atoms with E-state index < -0.39 is 29.8 Å². The van der Waals surface area contributed by atoms with Crippen LogP contribution in [-0.2, 0) is 4.84 Å². The molecule has 2 N–H and O–H groups in total. The Morgan fingerprint density at radius 1 is 1.29 bits per heavy atom. The molecule has 3 aromatic rings. The van der Waals surface area contributed by atoms with Gasteiger partial charge in [0.1, 0.15) is 11.6 Å². The van der Waals surface area contributed by atoms with Gasteiger partial charge in [-0.25, -0.2) is 18.9 Å². The molecular formula is C18H17F4N7O2. The quantitative estimate of drug-likeness (QED) is 0.589. The van der Waals surface area contributed by atoms with Gasteiger partial charge in [0.2, 0.25) is 11.6 Å². The summed E-state index contributed by atoms with van der Waals surface area (Å²) in [5.41, 5.74) is 0.182. The summed E-state index contributed by atoms with van der Waals surface area (Å²) in [6, 6.07) is 1.68. The molecule has 31 heavy (non-hydrogen) atoms. The van der Waals surface area contributed by atoms with Gasteiger partial charge in [-0.3, -0.25) is 0 Å². The summed E-state index contributed by atoms with van der Waals surface area (Å²) in [5, 5.41) is 14.2. The minimum atomic E-state index is -4.96. The van der Waals surface area contributed by atoms with Crippen molar-refractivity contribution in [3.05, 3.63) is 47.7 Å². The number of alkyl halides is 3. The maximum atomic E-state index is 13.6. The fourth-order valence-corrected chi connectivity index (χ4v) is 2.97. The third-order valence-corrected chi connectivity index (χ3v) is 4.30. The molecule has 0 amide bonds. The third kappa shape index (κ3) is 4.44. The van der Waals surface area contributed by atoms with Gasteiger partial charge in [0.05, 0.1) is 24.0 Å². The number of halogens is 4. The summed E-state index contributed by atoms with van der Waals surface area (Å²) in [7, 11) is 0. The van der Waals surface area contributed by atoms with E-state index in [0.717, 1.165) is 6.07 Å². The van der Waals surface area contributed by atoms with Crippen LogP contribution in [0.3, 0.4) is 0 Å². The largest absolute Gasteiger partial charge is 0.574 e. The van der Waals surface area contributed by atoms with Gasteiger partial charge in [-0.2, -0.15) is 5.10 Å². The topological polar surface area (TPSA) is 98.0 Å². The Hall–Kier alpha value is -3.64. The van der Waals surface area contributed by atoms with Crippen LogP contribution in [0, 0.1) is 5.82 Å². The zero-order valence-electron chi connectivity index (χ0n) is 16.5. The molecule has 0 fully saturated rings. The number of amidine groups is 1. The predicted octanol–water partition coefficient (Wildman–Crippen LogP) is 3.35. The van der Waals surface area contributed by atoms with Crippen LogP contribution in [0.25, 0.3) is 5.65 Å². The van der Waals surface area contributed by atoms with Gasteiger partial charge in [-0.1, -0.05) is 5.16 Å². The molecule has 1 aliphatic rings. The number of rotatable bonds is 5. The van der Waals surface area contributed by atoms with Crippen molar-refractivity contribution >= 4 is 17.3 Å². The summed E-state index contributed by atoms with van der Waals surface area (Å²) in [6.07, 6.45) is -1.15. The van der Waals surface area contributed by atoms with Crippen LogP contribution in [0.15, 0.2) is 35.9 Å². The molecule has 0 unspecified atom stereocenters. The molecule has 0 bridgehead atoms. The molecule has 0 saturated heterocycles. The van der Waals surface area contributed by atoms with E-state index in [2.05, 4.69) is 35.6 Å². The van der Waals surface area contributed by atoms with Crippen LogP contribution < -0.4 is 15.4 Å². The Morgan fingerprint density at radius 2 is 2.06 bits per heavy atom. The normalized spacial score (nSPS) is 16.4. The first-order chi connectivity index (χ1) is 14.5. The molecule has 3 aromatic heterocycles.